The lowest BCUT2D eigenvalue weighted by atomic mass is 10.0. The van der Waals surface area contributed by atoms with E-state index in [-0.39, 0.29) is 28.2 Å². The second-order valence-electron chi connectivity index (χ2n) is 9.70. The number of carboxylic acids is 1. The van der Waals surface area contributed by atoms with Gasteiger partial charge in [-0.05, 0) is 59.7 Å². The first-order valence-corrected chi connectivity index (χ1v) is 13.4. The average Bonchev–Trinajstić information content (AvgIpc) is 3.31. The molecule has 2 atom stereocenters. The van der Waals surface area contributed by atoms with Crippen molar-refractivity contribution in [1.29, 1.82) is 0 Å². The molecular weight excluding hydrogens is 539 g/mol. The SMILES string of the molecule is CC(C)c1cccc(Nc2ccc(Cl)c(C(=O)N[C@@H](CNC(=O)N[C@@H]3CCc4ccccc43)C(=O)O)c2Cl)c1. The zero-order chi connectivity index (χ0) is 28.1. The molecule has 0 bridgehead atoms. The summed E-state index contributed by atoms with van der Waals surface area (Å²) in [4.78, 5) is 37.5. The molecule has 1 aliphatic carbocycles. The molecule has 5 N–H and O–H groups in total. The Morgan fingerprint density at radius 1 is 1.03 bits per heavy atom. The third kappa shape index (κ3) is 6.82. The number of amides is 3. The lowest BCUT2D eigenvalue weighted by Crippen LogP contribution is -2.50. The molecule has 3 aromatic rings. The van der Waals surface area contributed by atoms with Gasteiger partial charge in [0.25, 0.3) is 5.91 Å². The van der Waals surface area contributed by atoms with E-state index in [2.05, 4.69) is 35.1 Å². The lowest BCUT2D eigenvalue weighted by Gasteiger charge is -2.19. The quantitative estimate of drug-likeness (QED) is 0.216. The minimum absolute atomic E-state index is 0.0460. The Labute approximate surface area is 237 Å². The van der Waals surface area contributed by atoms with Crippen LogP contribution in [0.3, 0.4) is 0 Å². The van der Waals surface area contributed by atoms with Crippen LogP contribution in [0.15, 0.2) is 60.7 Å². The Morgan fingerprint density at radius 2 is 1.79 bits per heavy atom. The number of hydrogen-bond acceptors (Lipinski definition) is 4. The van der Waals surface area contributed by atoms with Gasteiger partial charge < -0.3 is 26.4 Å². The van der Waals surface area contributed by atoms with Crippen molar-refractivity contribution in [2.45, 2.75) is 44.7 Å². The summed E-state index contributed by atoms with van der Waals surface area (Å²) in [5.74, 6) is -1.77. The first-order chi connectivity index (χ1) is 18.6. The molecule has 0 heterocycles. The lowest BCUT2D eigenvalue weighted by molar-refractivity contribution is -0.139. The fourth-order valence-corrected chi connectivity index (χ4v) is 5.12. The molecule has 0 radical (unpaired) electrons. The van der Waals surface area contributed by atoms with Gasteiger partial charge in [-0.2, -0.15) is 0 Å². The number of hydrogen-bond donors (Lipinski definition) is 5. The Bertz CT molecular complexity index is 1400. The predicted molar refractivity (Wildman–Crippen MR) is 153 cm³/mol. The van der Waals surface area contributed by atoms with E-state index in [1.165, 1.54) is 11.6 Å². The van der Waals surface area contributed by atoms with Crippen LogP contribution in [0.1, 0.15) is 59.3 Å². The van der Waals surface area contributed by atoms with Gasteiger partial charge in [0.15, 0.2) is 0 Å². The summed E-state index contributed by atoms with van der Waals surface area (Å²) in [6, 6.07) is 16.7. The minimum atomic E-state index is -1.41. The highest BCUT2D eigenvalue weighted by Crippen LogP contribution is 2.34. The molecule has 8 nitrogen and oxygen atoms in total. The highest BCUT2D eigenvalue weighted by Gasteiger charge is 2.27. The molecule has 0 spiro atoms. The first-order valence-electron chi connectivity index (χ1n) is 12.6. The van der Waals surface area contributed by atoms with E-state index in [0.29, 0.717) is 11.6 Å². The fourth-order valence-electron chi connectivity index (χ4n) is 4.53. The Kier molecular flexibility index (Phi) is 8.99. The number of urea groups is 1. The van der Waals surface area contributed by atoms with Gasteiger partial charge in [-0.1, -0.05) is 73.4 Å². The molecule has 204 valence electrons. The molecule has 0 saturated carbocycles. The van der Waals surface area contributed by atoms with Crippen LogP contribution in [-0.2, 0) is 11.2 Å². The molecule has 0 aromatic heterocycles. The molecule has 0 fully saturated rings. The van der Waals surface area contributed by atoms with Crippen LogP contribution in [0.25, 0.3) is 0 Å². The summed E-state index contributed by atoms with van der Waals surface area (Å²) < 4.78 is 0. The van der Waals surface area contributed by atoms with E-state index < -0.39 is 23.9 Å². The number of anilines is 2. The second-order valence-corrected chi connectivity index (χ2v) is 10.5. The number of halogens is 2. The molecular formula is C29H30Cl2N4O4. The standard InChI is InChI=1S/C29H30Cl2N4O4/c1-16(2)18-7-5-8-19(14-18)33-23-13-11-21(30)25(26(23)31)27(36)34-24(28(37)38)15-32-29(39)35-22-12-10-17-6-3-4-9-20(17)22/h3-9,11,13-14,16,22,24,33H,10,12,15H2,1-2H3,(H,34,36)(H,37,38)(H2,32,35,39)/t22-,24+/m1/s1. The van der Waals surface area contributed by atoms with Crippen molar-refractivity contribution in [2.75, 3.05) is 11.9 Å². The van der Waals surface area contributed by atoms with Gasteiger partial charge in [-0.3, -0.25) is 4.79 Å². The summed E-state index contributed by atoms with van der Waals surface area (Å²) in [7, 11) is 0. The van der Waals surface area contributed by atoms with Crippen molar-refractivity contribution >= 4 is 52.5 Å². The predicted octanol–water partition coefficient (Wildman–Crippen LogP) is 6.03. The summed E-state index contributed by atoms with van der Waals surface area (Å²) in [6.45, 7) is 3.83. The number of carboxylic acid groups (broad SMARTS) is 1. The maximum absolute atomic E-state index is 13.1. The van der Waals surface area contributed by atoms with Crippen molar-refractivity contribution in [3.05, 3.63) is 93.0 Å². The van der Waals surface area contributed by atoms with Crippen molar-refractivity contribution in [3.63, 3.8) is 0 Å². The average molecular weight is 569 g/mol. The van der Waals surface area contributed by atoms with Crippen LogP contribution >= 0.6 is 23.2 Å². The van der Waals surface area contributed by atoms with Crippen LogP contribution < -0.4 is 21.3 Å². The molecule has 4 rings (SSSR count). The van der Waals surface area contributed by atoms with Gasteiger partial charge in [0.1, 0.15) is 6.04 Å². The zero-order valence-corrected chi connectivity index (χ0v) is 23.1. The van der Waals surface area contributed by atoms with Crippen LogP contribution in [0.4, 0.5) is 16.2 Å². The summed E-state index contributed by atoms with van der Waals surface area (Å²) in [5.41, 5.74) is 4.50. The second kappa shape index (κ2) is 12.4. The van der Waals surface area contributed by atoms with Crippen molar-refractivity contribution in [3.8, 4) is 0 Å². The molecule has 0 unspecified atom stereocenters. The number of rotatable bonds is 9. The van der Waals surface area contributed by atoms with Crippen LogP contribution in [0.5, 0.6) is 0 Å². The van der Waals surface area contributed by atoms with Gasteiger partial charge in [-0.25, -0.2) is 9.59 Å². The van der Waals surface area contributed by atoms with E-state index >= 15 is 0 Å². The molecule has 3 amide bonds. The highest BCUT2D eigenvalue weighted by atomic mass is 35.5. The Hall–Kier alpha value is -3.75. The van der Waals surface area contributed by atoms with Crippen molar-refractivity contribution < 1.29 is 19.5 Å². The number of aliphatic carboxylic acids is 1. The number of carbonyl (C=O) groups is 3. The first kappa shape index (κ1) is 28.3. The number of carbonyl (C=O) groups excluding carboxylic acids is 2. The fraction of sp³-hybridized carbons (Fsp3) is 0.276. The molecule has 0 aliphatic heterocycles. The molecule has 10 heteroatoms. The number of fused-ring (bicyclic) bond motifs is 1. The summed E-state index contributed by atoms with van der Waals surface area (Å²) >= 11 is 12.8. The van der Waals surface area contributed by atoms with E-state index in [0.717, 1.165) is 29.7 Å². The molecule has 0 saturated heterocycles. The molecule has 1 aliphatic rings. The van der Waals surface area contributed by atoms with Crippen molar-refractivity contribution in [1.82, 2.24) is 16.0 Å². The summed E-state index contributed by atoms with van der Waals surface area (Å²) in [5, 5.41) is 20.8. The van der Waals surface area contributed by atoms with E-state index in [4.69, 9.17) is 23.2 Å². The third-order valence-corrected chi connectivity index (χ3v) is 7.37. The maximum atomic E-state index is 13.1. The maximum Gasteiger partial charge on any atom is 0.328 e. The van der Waals surface area contributed by atoms with Crippen LogP contribution in [-0.4, -0.2) is 35.6 Å². The van der Waals surface area contributed by atoms with E-state index in [9.17, 15) is 19.5 Å². The van der Waals surface area contributed by atoms with Crippen LogP contribution in [0.2, 0.25) is 10.0 Å². The summed E-state index contributed by atoms with van der Waals surface area (Å²) in [6.07, 6.45) is 1.61. The number of nitrogens with one attached hydrogen (secondary N) is 4. The van der Waals surface area contributed by atoms with E-state index in [1.807, 2.05) is 48.5 Å². The smallest absolute Gasteiger partial charge is 0.328 e. The minimum Gasteiger partial charge on any atom is -0.480 e. The normalized spacial score (nSPS) is 14.8. The largest absolute Gasteiger partial charge is 0.480 e. The topological polar surface area (TPSA) is 120 Å². The molecule has 39 heavy (non-hydrogen) atoms. The highest BCUT2D eigenvalue weighted by molar-refractivity contribution is 6.41. The third-order valence-electron chi connectivity index (χ3n) is 6.66. The molecule has 3 aromatic carbocycles. The van der Waals surface area contributed by atoms with E-state index in [1.54, 1.807) is 6.07 Å². The van der Waals surface area contributed by atoms with Gasteiger partial charge in [0.2, 0.25) is 0 Å². The van der Waals surface area contributed by atoms with Gasteiger partial charge in [0.05, 0.1) is 33.9 Å². The van der Waals surface area contributed by atoms with Gasteiger partial charge in [0, 0.05) is 5.69 Å². The number of aryl methyl sites for hydroxylation is 1. The van der Waals surface area contributed by atoms with Crippen LogP contribution in [0, 0.1) is 0 Å². The van der Waals surface area contributed by atoms with Gasteiger partial charge >= 0.3 is 12.0 Å². The zero-order valence-electron chi connectivity index (χ0n) is 21.6. The Balaban J connectivity index is 1.41. The Morgan fingerprint density at radius 3 is 2.54 bits per heavy atom. The van der Waals surface area contributed by atoms with Gasteiger partial charge in [-0.15, -0.1) is 0 Å². The van der Waals surface area contributed by atoms with Crippen molar-refractivity contribution in [2.24, 2.45) is 0 Å². The monoisotopic (exact) mass is 568 g/mol. The number of benzene rings is 3.